The summed E-state index contributed by atoms with van der Waals surface area (Å²) in [6.45, 7) is 0.871. The van der Waals surface area contributed by atoms with E-state index in [1.807, 2.05) is 24.4 Å². The first kappa shape index (κ1) is 16.4. The number of benzene rings is 1. The van der Waals surface area contributed by atoms with Gasteiger partial charge in [0, 0.05) is 41.1 Å². The molecule has 22 heavy (non-hydrogen) atoms. The monoisotopic (exact) mass is 367 g/mol. The smallest absolute Gasteiger partial charge is 0.314 e. The van der Waals surface area contributed by atoms with Gasteiger partial charge in [0.15, 0.2) is 0 Å². The molecule has 7 heteroatoms. The number of fused-ring (bicyclic) bond motifs is 1. The third kappa shape index (κ3) is 4.49. The molecule has 0 aliphatic rings. The van der Waals surface area contributed by atoms with Gasteiger partial charge in [-0.25, -0.2) is 4.79 Å². The van der Waals surface area contributed by atoms with Crippen molar-refractivity contribution < 1.29 is 14.7 Å². The van der Waals surface area contributed by atoms with Crippen LogP contribution in [0.3, 0.4) is 0 Å². The number of hydrogen-bond acceptors (Lipinski definition) is 2. The quantitative estimate of drug-likeness (QED) is 0.566. The zero-order valence-electron chi connectivity index (χ0n) is 12.0. The van der Waals surface area contributed by atoms with E-state index in [4.69, 9.17) is 5.11 Å². The summed E-state index contributed by atoms with van der Waals surface area (Å²) in [5.41, 5.74) is 2.19. The highest BCUT2D eigenvalue weighted by Gasteiger charge is 2.07. The minimum Gasteiger partial charge on any atom is -0.481 e. The van der Waals surface area contributed by atoms with E-state index in [2.05, 4.69) is 31.5 Å². The minimum absolute atomic E-state index is 0.0592. The summed E-state index contributed by atoms with van der Waals surface area (Å²) in [4.78, 5) is 25.1. The van der Waals surface area contributed by atoms with E-state index in [1.54, 1.807) is 0 Å². The molecule has 0 saturated heterocycles. The fraction of sp³-hybridized carbons (Fsp3) is 0.333. The number of nitrogens with one attached hydrogen (secondary N) is 3. The molecule has 1 aromatic heterocycles. The molecule has 0 spiro atoms. The number of urea groups is 1. The summed E-state index contributed by atoms with van der Waals surface area (Å²) in [5.74, 6) is -0.855. The summed E-state index contributed by atoms with van der Waals surface area (Å²) < 4.78 is 1.03. The molecule has 4 N–H and O–H groups in total. The molecule has 6 nitrogen and oxygen atoms in total. The molecule has 2 aromatic rings. The second-order valence-corrected chi connectivity index (χ2v) is 5.76. The highest BCUT2D eigenvalue weighted by molar-refractivity contribution is 9.10. The van der Waals surface area contributed by atoms with E-state index in [0.717, 1.165) is 20.9 Å². The number of aromatic nitrogens is 1. The van der Waals surface area contributed by atoms with Crippen molar-refractivity contribution in [1.82, 2.24) is 15.6 Å². The maximum absolute atomic E-state index is 11.6. The minimum atomic E-state index is -0.855. The van der Waals surface area contributed by atoms with Crippen LogP contribution in [0, 0.1) is 0 Å². The SMILES string of the molecule is O=C(O)CCCNC(=O)NCCc1c[nH]c2cccc(Br)c12. The van der Waals surface area contributed by atoms with Crippen molar-refractivity contribution in [2.45, 2.75) is 19.3 Å². The van der Waals surface area contributed by atoms with Gasteiger partial charge in [-0.15, -0.1) is 0 Å². The van der Waals surface area contributed by atoms with Crippen molar-refractivity contribution >= 4 is 38.8 Å². The molecule has 0 aliphatic carbocycles. The number of carbonyl (C=O) groups is 2. The highest BCUT2D eigenvalue weighted by Crippen LogP contribution is 2.26. The first-order chi connectivity index (χ1) is 10.6. The average Bonchev–Trinajstić information content (AvgIpc) is 2.88. The van der Waals surface area contributed by atoms with Crippen LogP contribution in [0.2, 0.25) is 0 Å². The predicted molar refractivity (Wildman–Crippen MR) is 88.0 cm³/mol. The van der Waals surface area contributed by atoms with Gasteiger partial charge in [0.1, 0.15) is 0 Å². The van der Waals surface area contributed by atoms with Gasteiger partial charge in [0.2, 0.25) is 0 Å². The molecule has 0 atom stereocenters. The maximum atomic E-state index is 11.6. The number of carbonyl (C=O) groups excluding carboxylic acids is 1. The van der Waals surface area contributed by atoms with Crippen LogP contribution in [0.15, 0.2) is 28.9 Å². The average molecular weight is 368 g/mol. The Morgan fingerprint density at radius 3 is 2.77 bits per heavy atom. The predicted octanol–water partition coefficient (Wildman–Crippen LogP) is 2.64. The number of aliphatic carboxylic acids is 1. The second-order valence-electron chi connectivity index (χ2n) is 4.91. The van der Waals surface area contributed by atoms with Gasteiger partial charge >= 0.3 is 12.0 Å². The molecular formula is C15H18BrN3O3. The molecule has 1 aromatic carbocycles. The first-order valence-electron chi connectivity index (χ1n) is 7.06. The number of aromatic amines is 1. The van der Waals surface area contributed by atoms with Gasteiger partial charge in [0.25, 0.3) is 0 Å². The molecule has 2 amide bonds. The zero-order valence-corrected chi connectivity index (χ0v) is 13.6. The molecule has 0 bridgehead atoms. The van der Waals surface area contributed by atoms with E-state index in [1.165, 1.54) is 0 Å². The molecule has 0 saturated carbocycles. The summed E-state index contributed by atoms with van der Waals surface area (Å²) in [7, 11) is 0. The Morgan fingerprint density at radius 2 is 2.00 bits per heavy atom. The number of amides is 2. The molecule has 0 radical (unpaired) electrons. The van der Waals surface area contributed by atoms with Crippen molar-refractivity contribution in [2.75, 3.05) is 13.1 Å². The van der Waals surface area contributed by atoms with Crippen LogP contribution in [-0.4, -0.2) is 35.2 Å². The Hall–Kier alpha value is -2.02. The molecule has 0 fully saturated rings. The van der Waals surface area contributed by atoms with Crippen molar-refractivity contribution in [3.63, 3.8) is 0 Å². The maximum Gasteiger partial charge on any atom is 0.314 e. The van der Waals surface area contributed by atoms with Crippen LogP contribution in [0.1, 0.15) is 18.4 Å². The highest BCUT2D eigenvalue weighted by atomic mass is 79.9. The lowest BCUT2D eigenvalue weighted by atomic mass is 10.1. The van der Waals surface area contributed by atoms with Gasteiger partial charge in [-0.1, -0.05) is 22.0 Å². The standard InChI is InChI=1S/C15H18BrN3O3/c16-11-3-1-4-12-14(11)10(9-19-12)6-8-18-15(22)17-7-2-5-13(20)21/h1,3-4,9,19H,2,5-8H2,(H,20,21)(H2,17,18,22). The summed E-state index contributed by atoms with van der Waals surface area (Å²) in [6, 6.07) is 5.69. The number of halogens is 1. The van der Waals surface area contributed by atoms with Crippen molar-refractivity contribution in [3.8, 4) is 0 Å². The van der Waals surface area contributed by atoms with Gasteiger partial charge in [-0.05, 0) is 30.5 Å². The largest absolute Gasteiger partial charge is 0.481 e. The fourth-order valence-electron chi connectivity index (χ4n) is 2.22. The Kier molecular flexibility index (Phi) is 5.83. The van der Waals surface area contributed by atoms with E-state index in [-0.39, 0.29) is 12.5 Å². The normalized spacial score (nSPS) is 10.6. The summed E-state index contributed by atoms with van der Waals surface area (Å²) in [6.07, 6.45) is 3.15. The Bertz CT molecular complexity index is 669. The molecule has 0 aliphatic heterocycles. The molecule has 2 rings (SSSR count). The summed E-state index contributed by atoms with van der Waals surface area (Å²) >= 11 is 3.53. The Morgan fingerprint density at radius 1 is 1.23 bits per heavy atom. The molecule has 0 unspecified atom stereocenters. The van der Waals surface area contributed by atoms with E-state index in [9.17, 15) is 9.59 Å². The van der Waals surface area contributed by atoms with Crippen molar-refractivity contribution in [2.24, 2.45) is 0 Å². The summed E-state index contributed by atoms with van der Waals surface area (Å²) in [5, 5.41) is 15.0. The van der Waals surface area contributed by atoms with Gasteiger partial charge in [-0.3, -0.25) is 4.79 Å². The Labute approximate surface area is 136 Å². The van der Waals surface area contributed by atoms with Crippen molar-refractivity contribution in [3.05, 3.63) is 34.4 Å². The number of carboxylic acid groups (broad SMARTS) is 1. The second kappa shape index (κ2) is 7.84. The van der Waals surface area contributed by atoms with Crippen LogP contribution in [-0.2, 0) is 11.2 Å². The lowest BCUT2D eigenvalue weighted by Crippen LogP contribution is -2.37. The molecule has 118 valence electrons. The van der Waals surface area contributed by atoms with E-state index >= 15 is 0 Å². The third-order valence-electron chi connectivity index (χ3n) is 3.27. The Balaban J connectivity index is 1.76. The van der Waals surface area contributed by atoms with Gasteiger partial charge < -0.3 is 20.7 Å². The lowest BCUT2D eigenvalue weighted by Gasteiger charge is -2.07. The zero-order chi connectivity index (χ0) is 15.9. The van der Waals surface area contributed by atoms with Gasteiger partial charge in [0.05, 0.1) is 0 Å². The van der Waals surface area contributed by atoms with Crippen molar-refractivity contribution in [1.29, 1.82) is 0 Å². The van der Waals surface area contributed by atoms with E-state index in [0.29, 0.717) is 25.9 Å². The van der Waals surface area contributed by atoms with Gasteiger partial charge in [-0.2, -0.15) is 0 Å². The van der Waals surface area contributed by atoms with Crippen LogP contribution in [0.5, 0.6) is 0 Å². The van der Waals surface area contributed by atoms with Crippen LogP contribution in [0.25, 0.3) is 10.9 Å². The molecular weight excluding hydrogens is 350 g/mol. The number of carboxylic acids is 1. The topological polar surface area (TPSA) is 94.2 Å². The first-order valence-corrected chi connectivity index (χ1v) is 7.85. The lowest BCUT2D eigenvalue weighted by molar-refractivity contribution is -0.137. The van der Waals surface area contributed by atoms with Crippen LogP contribution < -0.4 is 10.6 Å². The van der Waals surface area contributed by atoms with E-state index < -0.39 is 5.97 Å². The van der Waals surface area contributed by atoms with Crippen LogP contribution >= 0.6 is 15.9 Å². The number of H-pyrrole nitrogens is 1. The third-order valence-corrected chi connectivity index (χ3v) is 3.93. The molecule has 1 heterocycles. The van der Waals surface area contributed by atoms with Crippen LogP contribution in [0.4, 0.5) is 4.79 Å². The number of rotatable bonds is 7. The number of hydrogen-bond donors (Lipinski definition) is 4. The fourth-order valence-corrected chi connectivity index (χ4v) is 2.84.